The largest absolute Gasteiger partial charge is 0.489 e. The van der Waals surface area contributed by atoms with Crippen molar-refractivity contribution in [1.29, 1.82) is 0 Å². The van der Waals surface area contributed by atoms with Crippen molar-refractivity contribution >= 4 is 11.3 Å². The number of hydrogen-bond donors (Lipinski definition) is 1. The molecule has 19 heavy (non-hydrogen) atoms. The summed E-state index contributed by atoms with van der Waals surface area (Å²) in [5.74, 6) is 0.648. The number of rotatable bonds is 4. The first kappa shape index (κ1) is 14.0. The highest BCUT2D eigenvalue weighted by Crippen LogP contribution is 2.41. The molecule has 5 heteroatoms. The third-order valence-electron chi connectivity index (χ3n) is 3.16. The Morgan fingerprint density at radius 2 is 2.05 bits per heavy atom. The summed E-state index contributed by atoms with van der Waals surface area (Å²) in [6, 6.07) is 3.63. The predicted octanol–water partition coefficient (Wildman–Crippen LogP) is 2.85. The first-order valence-corrected chi connectivity index (χ1v) is 6.95. The average Bonchev–Trinajstić information content (AvgIpc) is 2.90. The van der Waals surface area contributed by atoms with Gasteiger partial charge in [-0.05, 0) is 17.5 Å². The SMILES string of the molecule is CC(C)(C)C(O)(COc1cccnc1)c1cncs1. The molecule has 2 aromatic heterocycles. The van der Waals surface area contributed by atoms with Gasteiger partial charge in [0.2, 0.25) is 0 Å². The maximum absolute atomic E-state index is 11.0. The van der Waals surface area contributed by atoms with Gasteiger partial charge in [0.1, 0.15) is 18.0 Å². The highest BCUT2D eigenvalue weighted by Gasteiger charge is 2.43. The van der Waals surface area contributed by atoms with E-state index >= 15 is 0 Å². The second-order valence-electron chi connectivity index (χ2n) is 5.45. The van der Waals surface area contributed by atoms with Crippen molar-refractivity contribution in [2.24, 2.45) is 5.41 Å². The Morgan fingerprint density at radius 3 is 2.58 bits per heavy atom. The van der Waals surface area contributed by atoms with Gasteiger partial charge < -0.3 is 9.84 Å². The van der Waals surface area contributed by atoms with Crippen LogP contribution in [0.15, 0.2) is 36.2 Å². The third-order valence-corrected chi connectivity index (χ3v) is 4.09. The Hall–Kier alpha value is -1.46. The molecule has 0 bridgehead atoms. The quantitative estimate of drug-likeness (QED) is 0.934. The molecule has 2 heterocycles. The number of nitrogens with zero attached hydrogens (tertiary/aromatic N) is 2. The molecule has 4 nitrogen and oxygen atoms in total. The highest BCUT2D eigenvalue weighted by atomic mass is 32.1. The number of aromatic nitrogens is 2. The van der Waals surface area contributed by atoms with Gasteiger partial charge in [0.25, 0.3) is 0 Å². The van der Waals surface area contributed by atoms with E-state index in [1.807, 2.05) is 26.8 Å². The Kier molecular flexibility index (Phi) is 3.87. The second-order valence-corrected chi connectivity index (χ2v) is 6.34. The molecule has 0 amide bonds. The lowest BCUT2D eigenvalue weighted by Gasteiger charge is -2.38. The molecular formula is C14H18N2O2S. The van der Waals surface area contributed by atoms with Gasteiger partial charge in [-0.1, -0.05) is 20.8 Å². The van der Waals surface area contributed by atoms with E-state index in [9.17, 15) is 5.11 Å². The summed E-state index contributed by atoms with van der Waals surface area (Å²) in [4.78, 5) is 8.85. The fourth-order valence-electron chi connectivity index (χ4n) is 1.70. The third kappa shape index (κ3) is 2.93. The molecule has 0 spiro atoms. The lowest BCUT2D eigenvalue weighted by Crippen LogP contribution is -2.44. The lowest BCUT2D eigenvalue weighted by atomic mass is 9.76. The van der Waals surface area contributed by atoms with Gasteiger partial charge in [-0.3, -0.25) is 9.97 Å². The van der Waals surface area contributed by atoms with Crippen LogP contribution < -0.4 is 4.74 Å². The normalized spacial score (nSPS) is 14.9. The Labute approximate surface area is 117 Å². The van der Waals surface area contributed by atoms with Crippen LogP contribution in [0.2, 0.25) is 0 Å². The van der Waals surface area contributed by atoms with Gasteiger partial charge in [0.05, 0.1) is 16.6 Å². The van der Waals surface area contributed by atoms with E-state index < -0.39 is 5.60 Å². The zero-order chi connectivity index (χ0) is 13.9. The predicted molar refractivity (Wildman–Crippen MR) is 75.2 cm³/mol. The van der Waals surface area contributed by atoms with Crippen molar-refractivity contribution < 1.29 is 9.84 Å². The summed E-state index contributed by atoms with van der Waals surface area (Å²) in [5, 5.41) is 11.0. The van der Waals surface area contributed by atoms with Crippen molar-refractivity contribution in [3.8, 4) is 5.75 Å². The van der Waals surface area contributed by atoms with Crippen LogP contribution in [0.5, 0.6) is 5.75 Å². The molecule has 0 aromatic carbocycles. The number of hydrogen-bond acceptors (Lipinski definition) is 5. The first-order valence-electron chi connectivity index (χ1n) is 6.08. The summed E-state index contributed by atoms with van der Waals surface area (Å²) >= 11 is 1.44. The van der Waals surface area contributed by atoms with E-state index in [1.165, 1.54) is 11.3 Å². The topological polar surface area (TPSA) is 55.2 Å². The van der Waals surface area contributed by atoms with Crippen molar-refractivity contribution in [2.45, 2.75) is 26.4 Å². The van der Waals surface area contributed by atoms with Crippen LogP contribution >= 0.6 is 11.3 Å². The van der Waals surface area contributed by atoms with E-state index in [2.05, 4.69) is 9.97 Å². The first-order chi connectivity index (χ1) is 8.93. The molecule has 0 saturated carbocycles. The minimum absolute atomic E-state index is 0.171. The van der Waals surface area contributed by atoms with Crippen LogP contribution in [0, 0.1) is 5.41 Å². The van der Waals surface area contributed by atoms with Crippen LogP contribution in [0.4, 0.5) is 0 Å². The maximum Gasteiger partial charge on any atom is 0.139 e. The average molecular weight is 278 g/mol. The minimum atomic E-state index is -1.08. The molecule has 2 rings (SSSR count). The summed E-state index contributed by atoms with van der Waals surface area (Å²) < 4.78 is 5.69. The minimum Gasteiger partial charge on any atom is -0.489 e. The van der Waals surface area contributed by atoms with E-state index in [4.69, 9.17) is 4.74 Å². The van der Waals surface area contributed by atoms with Crippen LogP contribution in [0.3, 0.4) is 0 Å². The monoisotopic (exact) mass is 278 g/mol. The van der Waals surface area contributed by atoms with Crippen LogP contribution in [0.25, 0.3) is 0 Å². The van der Waals surface area contributed by atoms with Gasteiger partial charge in [-0.2, -0.15) is 0 Å². The second kappa shape index (κ2) is 5.27. The molecule has 1 N–H and O–H groups in total. The Bertz CT molecular complexity index is 508. The highest BCUT2D eigenvalue weighted by molar-refractivity contribution is 7.09. The summed E-state index contributed by atoms with van der Waals surface area (Å²) in [6.45, 7) is 6.13. The fourth-order valence-corrected chi connectivity index (χ4v) is 2.61. The maximum atomic E-state index is 11.0. The number of ether oxygens (including phenoxy) is 1. The summed E-state index contributed by atoms with van der Waals surface area (Å²) in [7, 11) is 0. The van der Waals surface area contributed by atoms with E-state index in [0.29, 0.717) is 5.75 Å². The van der Waals surface area contributed by atoms with Crippen molar-refractivity contribution in [3.05, 3.63) is 41.1 Å². The molecule has 102 valence electrons. The molecule has 2 aromatic rings. The molecule has 0 saturated heterocycles. The summed E-state index contributed by atoms with van der Waals surface area (Å²) in [5.41, 5.74) is 0.280. The number of aliphatic hydroxyl groups is 1. The standard InChI is InChI=1S/C14H18N2O2S/c1-13(2,3)14(17,12-8-16-10-19-12)9-18-11-5-4-6-15-7-11/h4-8,10,17H,9H2,1-3H3. The van der Waals surface area contributed by atoms with Gasteiger partial charge in [0, 0.05) is 12.4 Å². The molecule has 0 aliphatic heterocycles. The van der Waals surface area contributed by atoms with Gasteiger partial charge in [-0.25, -0.2) is 0 Å². The molecule has 0 radical (unpaired) electrons. The Morgan fingerprint density at radius 1 is 1.26 bits per heavy atom. The smallest absolute Gasteiger partial charge is 0.139 e. The van der Waals surface area contributed by atoms with E-state index in [0.717, 1.165) is 4.88 Å². The van der Waals surface area contributed by atoms with E-state index in [-0.39, 0.29) is 12.0 Å². The Balaban J connectivity index is 2.21. The lowest BCUT2D eigenvalue weighted by molar-refractivity contribution is -0.0918. The molecule has 0 aliphatic rings. The van der Waals surface area contributed by atoms with Crippen molar-refractivity contribution in [2.75, 3.05) is 6.61 Å². The molecule has 1 unspecified atom stereocenters. The van der Waals surface area contributed by atoms with Crippen molar-refractivity contribution in [1.82, 2.24) is 9.97 Å². The van der Waals surface area contributed by atoms with E-state index in [1.54, 1.807) is 30.2 Å². The van der Waals surface area contributed by atoms with Crippen LogP contribution in [0.1, 0.15) is 25.6 Å². The number of pyridine rings is 1. The zero-order valence-electron chi connectivity index (χ0n) is 11.3. The molecule has 1 atom stereocenters. The number of thiazole rings is 1. The molecule has 0 aliphatic carbocycles. The molecule has 0 fully saturated rings. The zero-order valence-corrected chi connectivity index (χ0v) is 12.1. The van der Waals surface area contributed by atoms with Crippen LogP contribution in [-0.4, -0.2) is 21.7 Å². The van der Waals surface area contributed by atoms with Gasteiger partial charge in [-0.15, -0.1) is 11.3 Å². The van der Waals surface area contributed by atoms with Crippen molar-refractivity contribution in [3.63, 3.8) is 0 Å². The van der Waals surface area contributed by atoms with Gasteiger partial charge >= 0.3 is 0 Å². The fraction of sp³-hybridized carbons (Fsp3) is 0.429. The molecular weight excluding hydrogens is 260 g/mol. The van der Waals surface area contributed by atoms with Gasteiger partial charge in [0.15, 0.2) is 0 Å². The summed E-state index contributed by atoms with van der Waals surface area (Å²) in [6.07, 6.45) is 5.02. The van der Waals surface area contributed by atoms with Crippen LogP contribution in [-0.2, 0) is 5.60 Å².